The van der Waals surface area contributed by atoms with Gasteiger partial charge >= 0.3 is 6.18 Å². The second kappa shape index (κ2) is 6.25. The Bertz CT molecular complexity index is 590. The third-order valence-electron chi connectivity index (χ3n) is 3.14. The minimum atomic E-state index is -4.58. The van der Waals surface area contributed by atoms with E-state index in [0.717, 1.165) is 19.6 Å². The highest BCUT2D eigenvalue weighted by atomic mass is 19.4. The van der Waals surface area contributed by atoms with Gasteiger partial charge in [0.1, 0.15) is 5.82 Å². The average molecular weight is 302 g/mol. The summed E-state index contributed by atoms with van der Waals surface area (Å²) in [6.07, 6.45) is -4.58. The van der Waals surface area contributed by atoms with E-state index in [0.29, 0.717) is 16.9 Å². The van der Waals surface area contributed by atoms with Crippen LogP contribution in [0.15, 0.2) is 12.1 Å². The van der Waals surface area contributed by atoms with E-state index >= 15 is 0 Å². The highest BCUT2D eigenvalue weighted by Gasteiger charge is 2.37. The molecule has 0 fully saturated rings. The van der Waals surface area contributed by atoms with E-state index in [2.05, 4.69) is 39.4 Å². The summed E-state index contributed by atoms with van der Waals surface area (Å²) in [5.74, 6) is -0.759. The Balaban J connectivity index is 2.11. The molecule has 0 aliphatic carbocycles. The molecule has 0 spiro atoms. The van der Waals surface area contributed by atoms with Gasteiger partial charge in [-0.05, 0) is 25.2 Å². The zero-order valence-electron chi connectivity index (χ0n) is 11.9. The van der Waals surface area contributed by atoms with Gasteiger partial charge in [0.25, 0.3) is 5.82 Å². The lowest BCUT2D eigenvalue weighted by Gasteiger charge is -2.18. The number of halogens is 3. The monoisotopic (exact) mass is 302 g/mol. The van der Waals surface area contributed by atoms with E-state index in [1.54, 1.807) is 6.07 Å². The number of likely N-dealkylation sites (N-methyl/N-ethyl adjacent to an activating group) is 1. The van der Waals surface area contributed by atoms with Crippen molar-refractivity contribution in [2.24, 2.45) is 0 Å². The first-order chi connectivity index (χ1) is 9.95. The van der Waals surface area contributed by atoms with Crippen LogP contribution in [0.25, 0.3) is 5.65 Å². The topological polar surface area (TPSA) is 58.3 Å². The maximum atomic E-state index is 12.7. The third kappa shape index (κ3) is 3.60. The number of nitrogens with one attached hydrogen (secondary N) is 1. The summed E-state index contributed by atoms with van der Waals surface area (Å²) in [4.78, 5) is 2.20. The van der Waals surface area contributed by atoms with Gasteiger partial charge in [0.05, 0.1) is 0 Å². The van der Waals surface area contributed by atoms with Crippen LogP contribution in [-0.2, 0) is 6.18 Å². The maximum Gasteiger partial charge on any atom is 0.453 e. The fourth-order valence-electron chi connectivity index (χ4n) is 1.94. The Hall–Kier alpha value is -1.90. The highest BCUT2D eigenvalue weighted by Crippen LogP contribution is 2.27. The van der Waals surface area contributed by atoms with Crippen LogP contribution in [-0.4, -0.2) is 50.9 Å². The predicted octanol–water partition coefficient (Wildman–Crippen LogP) is 1.90. The number of alkyl halides is 3. The molecule has 2 aromatic rings. The van der Waals surface area contributed by atoms with E-state index in [1.807, 2.05) is 0 Å². The number of fused-ring (bicyclic) bond motifs is 1. The van der Waals surface area contributed by atoms with Gasteiger partial charge in [-0.2, -0.15) is 17.7 Å². The van der Waals surface area contributed by atoms with Crippen molar-refractivity contribution < 1.29 is 13.2 Å². The minimum Gasteiger partial charge on any atom is -0.367 e. The maximum absolute atomic E-state index is 12.7. The van der Waals surface area contributed by atoms with Crippen molar-refractivity contribution in [3.05, 3.63) is 18.0 Å². The summed E-state index contributed by atoms with van der Waals surface area (Å²) >= 11 is 0. The molecule has 116 valence electrons. The molecule has 2 aromatic heterocycles. The van der Waals surface area contributed by atoms with Crippen LogP contribution in [0, 0.1) is 0 Å². The summed E-state index contributed by atoms with van der Waals surface area (Å²) < 4.78 is 38.9. The molecule has 2 heterocycles. The Labute approximate surface area is 120 Å². The molecule has 1 N–H and O–H groups in total. The fourth-order valence-corrected chi connectivity index (χ4v) is 1.94. The van der Waals surface area contributed by atoms with Gasteiger partial charge in [0.15, 0.2) is 5.65 Å². The van der Waals surface area contributed by atoms with Crippen molar-refractivity contribution in [3.63, 3.8) is 0 Å². The van der Waals surface area contributed by atoms with Gasteiger partial charge in [0.2, 0.25) is 0 Å². The summed E-state index contributed by atoms with van der Waals surface area (Å²) in [5.41, 5.74) is 0.0663. The van der Waals surface area contributed by atoms with E-state index in [4.69, 9.17) is 0 Å². The zero-order chi connectivity index (χ0) is 15.5. The van der Waals surface area contributed by atoms with Crippen molar-refractivity contribution in [2.75, 3.05) is 31.5 Å². The molecular formula is C12H17F3N6. The van der Waals surface area contributed by atoms with Gasteiger partial charge in [-0.3, -0.25) is 0 Å². The van der Waals surface area contributed by atoms with Crippen molar-refractivity contribution in [1.82, 2.24) is 24.7 Å². The highest BCUT2D eigenvalue weighted by molar-refractivity contribution is 5.44. The van der Waals surface area contributed by atoms with Crippen molar-refractivity contribution >= 4 is 11.5 Å². The summed E-state index contributed by atoms with van der Waals surface area (Å²) in [6.45, 7) is 7.36. The predicted molar refractivity (Wildman–Crippen MR) is 72.1 cm³/mol. The van der Waals surface area contributed by atoms with E-state index in [-0.39, 0.29) is 5.65 Å². The number of hydrogen-bond acceptors (Lipinski definition) is 5. The molecule has 0 aromatic carbocycles. The Morgan fingerprint density at radius 1 is 1.19 bits per heavy atom. The molecule has 9 heteroatoms. The molecule has 0 saturated heterocycles. The van der Waals surface area contributed by atoms with Crippen LogP contribution in [0.4, 0.5) is 19.0 Å². The molecule has 0 radical (unpaired) electrons. The smallest absolute Gasteiger partial charge is 0.367 e. The molecule has 2 rings (SSSR count). The third-order valence-corrected chi connectivity index (χ3v) is 3.14. The molecular weight excluding hydrogens is 285 g/mol. The number of hydrogen-bond donors (Lipinski definition) is 1. The molecule has 0 bridgehead atoms. The van der Waals surface area contributed by atoms with E-state index in [1.165, 1.54) is 6.07 Å². The van der Waals surface area contributed by atoms with Crippen LogP contribution < -0.4 is 5.32 Å². The van der Waals surface area contributed by atoms with Crippen molar-refractivity contribution in [3.8, 4) is 0 Å². The fraction of sp³-hybridized carbons (Fsp3) is 0.583. The average Bonchev–Trinajstić information content (AvgIpc) is 2.86. The van der Waals surface area contributed by atoms with Crippen LogP contribution in [0.2, 0.25) is 0 Å². The van der Waals surface area contributed by atoms with Gasteiger partial charge in [-0.25, -0.2) is 0 Å². The standard InChI is InChI=1S/C12H17F3N6/c1-3-20(4-2)8-7-16-9-5-6-10-17-18-11(12(13,14)15)21(10)19-9/h5-6H,3-4,7-8H2,1-2H3,(H,16,19). The zero-order valence-corrected chi connectivity index (χ0v) is 11.9. The largest absolute Gasteiger partial charge is 0.453 e. The first kappa shape index (κ1) is 15.5. The van der Waals surface area contributed by atoms with Gasteiger partial charge in [0, 0.05) is 13.1 Å². The number of rotatable bonds is 6. The van der Waals surface area contributed by atoms with E-state index < -0.39 is 12.0 Å². The number of aromatic nitrogens is 4. The Morgan fingerprint density at radius 3 is 2.52 bits per heavy atom. The number of anilines is 1. The number of nitrogens with zero attached hydrogens (tertiary/aromatic N) is 5. The van der Waals surface area contributed by atoms with Crippen LogP contribution in [0.1, 0.15) is 19.7 Å². The molecule has 21 heavy (non-hydrogen) atoms. The summed E-state index contributed by atoms with van der Waals surface area (Å²) in [5, 5.41) is 13.5. The molecule has 0 aliphatic heterocycles. The van der Waals surface area contributed by atoms with Gasteiger partial charge in [-0.1, -0.05) is 13.8 Å². The van der Waals surface area contributed by atoms with Gasteiger partial charge < -0.3 is 10.2 Å². The van der Waals surface area contributed by atoms with Crippen molar-refractivity contribution in [1.29, 1.82) is 0 Å². The lowest BCUT2D eigenvalue weighted by atomic mass is 10.4. The first-order valence-corrected chi connectivity index (χ1v) is 6.71. The normalized spacial score (nSPS) is 12.3. The SMILES string of the molecule is CCN(CC)CCNc1ccc2nnc(C(F)(F)F)n2n1. The van der Waals surface area contributed by atoms with Crippen molar-refractivity contribution in [2.45, 2.75) is 20.0 Å². The van der Waals surface area contributed by atoms with Gasteiger partial charge in [-0.15, -0.1) is 15.3 Å². The lowest BCUT2D eigenvalue weighted by molar-refractivity contribution is -0.146. The molecule has 0 unspecified atom stereocenters. The second-order valence-electron chi connectivity index (χ2n) is 4.46. The van der Waals surface area contributed by atoms with Crippen LogP contribution in [0.5, 0.6) is 0 Å². The summed E-state index contributed by atoms with van der Waals surface area (Å²) in [6, 6.07) is 3.04. The van der Waals surface area contributed by atoms with Crippen LogP contribution in [0.3, 0.4) is 0 Å². The quantitative estimate of drug-likeness (QED) is 0.883. The molecule has 6 nitrogen and oxygen atoms in total. The molecule has 0 amide bonds. The first-order valence-electron chi connectivity index (χ1n) is 6.71. The Kier molecular flexibility index (Phi) is 4.61. The summed E-state index contributed by atoms with van der Waals surface area (Å²) in [7, 11) is 0. The lowest BCUT2D eigenvalue weighted by Crippen LogP contribution is -2.28. The molecule has 0 aliphatic rings. The van der Waals surface area contributed by atoms with E-state index in [9.17, 15) is 13.2 Å². The molecule has 0 atom stereocenters. The molecule has 0 saturated carbocycles. The minimum absolute atomic E-state index is 0.0663. The Morgan fingerprint density at radius 2 is 1.90 bits per heavy atom. The second-order valence-corrected chi connectivity index (χ2v) is 4.46. The van der Waals surface area contributed by atoms with Crippen LogP contribution >= 0.6 is 0 Å².